The van der Waals surface area contributed by atoms with Gasteiger partial charge in [-0.25, -0.2) is 4.79 Å². The average Bonchev–Trinajstić information content (AvgIpc) is 2.29. The Morgan fingerprint density at radius 2 is 1.89 bits per heavy atom. The molecule has 0 fully saturated rings. The first-order valence-corrected chi connectivity index (χ1v) is 6.37. The predicted molar refractivity (Wildman–Crippen MR) is 75.0 cm³/mol. The van der Waals surface area contributed by atoms with Crippen LogP contribution in [-0.2, 0) is 20.7 Å². The fourth-order valence-electron chi connectivity index (χ4n) is 1.69. The van der Waals surface area contributed by atoms with E-state index in [1.54, 1.807) is 20.8 Å². The van der Waals surface area contributed by atoms with Crippen LogP contribution in [0.2, 0.25) is 0 Å². The Hall–Kier alpha value is -1.84. The molecule has 0 saturated heterocycles. The van der Waals surface area contributed by atoms with Crippen molar-refractivity contribution < 1.29 is 14.3 Å². The highest BCUT2D eigenvalue weighted by atomic mass is 16.6. The number of amides is 1. The van der Waals surface area contributed by atoms with E-state index in [1.807, 2.05) is 32.0 Å². The van der Waals surface area contributed by atoms with E-state index in [4.69, 9.17) is 4.74 Å². The summed E-state index contributed by atoms with van der Waals surface area (Å²) in [5.41, 5.74) is 1.95. The van der Waals surface area contributed by atoms with Crippen LogP contribution >= 0.6 is 0 Å². The number of hydrogen-bond donors (Lipinski definition) is 1. The average molecular weight is 263 g/mol. The highest BCUT2D eigenvalue weighted by molar-refractivity contribution is 6.37. The second kappa shape index (κ2) is 5.87. The number of carbonyl (C=O) groups is 2. The molecular weight excluding hydrogens is 242 g/mol. The molecule has 0 heterocycles. The van der Waals surface area contributed by atoms with Gasteiger partial charge in [0.05, 0.1) is 0 Å². The zero-order chi connectivity index (χ0) is 14.6. The molecule has 19 heavy (non-hydrogen) atoms. The summed E-state index contributed by atoms with van der Waals surface area (Å²) in [5.74, 6) is -1.60. The highest BCUT2D eigenvalue weighted by Gasteiger charge is 2.23. The Morgan fingerprint density at radius 3 is 2.42 bits per heavy atom. The van der Waals surface area contributed by atoms with Gasteiger partial charge < -0.3 is 10.1 Å². The van der Waals surface area contributed by atoms with Crippen LogP contribution in [0.25, 0.3) is 0 Å². The van der Waals surface area contributed by atoms with Gasteiger partial charge in [0.1, 0.15) is 5.60 Å². The molecular formula is C15H21NO3. The minimum Gasteiger partial charge on any atom is -0.453 e. The Morgan fingerprint density at radius 1 is 1.26 bits per heavy atom. The number of para-hydroxylation sites is 1. The molecule has 4 nitrogen and oxygen atoms in total. The maximum absolute atomic E-state index is 11.8. The molecule has 1 N–H and O–H groups in total. The molecule has 1 rings (SSSR count). The van der Waals surface area contributed by atoms with Crippen LogP contribution in [-0.4, -0.2) is 17.5 Å². The number of nitrogens with one attached hydrogen (secondary N) is 1. The summed E-state index contributed by atoms with van der Waals surface area (Å²) < 4.78 is 5.03. The molecule has 0 bridgehead atoms. The van der Waals surface area contributed by atoms with E-state index in [1.165, 1.54) is 0 Å². The summed E-state index contributed by atoms with van der Waals surface area (Å²) in [4.78, 5) is 23.5. The maximum Gasteiger partial charge on any atom is 0.397 e. The molecule has 0 aliphatic carbocycles. The van der Waals surface area contributed by atoms with E-state index in [-0.39, 0.29) is 0 Å². The van der Waals surface area contributed by atoms with Crippen molar-refractivity contribution in [3.05, 3.63) is 29.3 Å². The van der Waals surface area contributed by atoms with Crippen molar-refractivity contribution >= 4 is 17.6 Å². The minimum atomic E-state index is -0.863. The van der Waals surface area contributed by atoms with Crippen LogP contribution in [0.15, 0.2) is 18.2 Å². The summed E-state index contributed by atoms with van der Waals surface area (Å²) >= 11 is 0. The van der Waals surface area contributed by atoms with Crippen LogP contribution in [0, 0.1) is 6.92 Å². The van der Waals surface area contributed by atoms with Crippen LogP contribution in [0.5, 0.6) is 0 Å². The van der Waals surface area contributed by atoms with Crippen molar-refractivity contribution in [2.75, 3.05) is 5.32 Å². The lowest BCUT2D eigenvalue weighted by molar-refractivity contribution is -0.161. The van der Waals surface area contributed by atoms with Gasteiger partial charge in [-0.1, -0.05) is 25.1 Å². The van der Waals surface area contributed by atoms with Crippen LogP contribution in [0.3, 0.4) is 0 Å². The van der Waals surface area contributed by atoms with Crippen molar-refractivity contribution in [3.8, 4) is 0 Å². The molecule has 4 heteroatoms. The molecule has 0 saturated carbocycles. The molecule has 0 aliphatic rings. The monoisotopic (exact) mass is 263 g/mol. The lowest BCUT2D eigenvalue weighted by Crippen LogP contribution is -2.33. The first-order valence-electron chi connectivity index (χ1n) is 6.37. The molecule has 1 aromatic carbocycles. The van der Waals surface area contributed by atoms with Crippen molar-refractivity contribution in [3.63, 3.8) is 0 Å². The van der Waals surface area contributed by atoms with Gasteiger partial charge in [-0.15, -0.1) is 0 Å². The van der Waals surface area contributed by atoms with Crippen LogP contribution in [0.4, 0.5) is 5.69 Å². The molecule has 0 aromatic heterocycles. The fraction of sp³-hybridized carbons (Fsp3) is 0.467. The Bertz CT molecular complexity index is 487. The van der Waals surface area contributed by atoms with Gasteiger partial charge in [0.25, 0.3) is 0 Å². The summed E-state index contributed by atoms with van der Waals surface area (Å²) in [7, 11) is 0. The lowest BCUT2D eigenvalue weighted by Gasteiger charge is -2.19. The molecule has 0 atom stereocenters. The lowest BCUT2D eigenvalue weighted by atomic mass is 10.1. The first kappa shape index (κ1) is 15.2. The van der Waals surface area contributed by atoms with Gasteiger partial charge in [0.15, 0.2) is 0 Å². The number of rotatable bonds is 2. The summed E-state index contributed by atoms with van der Waals surface area (Å²) in [5, 5.41) is 2.64. The topological polar surface area (TPSA) is 55.4 Å². The van der Waals surface area contributed by atoms with Crippen molar-refractivity contribution in [2.24, 2.45) is 0 Å². The van der Waals surface area contributed by atoms with Crippen molar-refractivity contribution in [1.29, 1.82) is 0 Å². The smallest absolute Gasteiger partial charge is 0.397 e. The van der Waals surface area contributed by atoms with E-state index >= 15 is 0 Å². The summed E-state index contributed by atoms with van der Waals surface area (Å²) in [6.45, 7) is 9.07. The molecule has 0 aliphatic heterocycles. The maximum atomic E-state index is 11.8. The number of carbonyl (C=O) groups excluding carboxylic acids is 2. The second-order valence-corrected chi connectivity index (χ2v) is 5.42. The third kappa shape index (κ3) is 4.39. The highest BCUT2D eigenvalue weighted by Crippen LogP contribution is 2.21. The molecule has 0 unspecified atom stereocenters. The third-order valence-corrected chi connectivity index (χ3v) is 2.56. The van der Waals surface area contributed by atoms with Crippen LogP contribution < -0.4 is 5.32 Å². The standard InChI is InChI=1S/C15H21NO3/c1-6-11-9-7-8-10(2)12(11)16-13(17)14(18)19-15(3,4)5/h7-9H,6H2,1-5H3,(H,16,17). The van der Waals surface area contributed by atoms with Gasteiger partial charge in [0, 0.05) is 5.69 Å². The normalized spacial score (nSPS) is 11.0. The summed E-state index contributed by atoms with van der Waals surface area (Å²) in [6.07, 6.45) is 0.783. The molecule has 0 spiro atoms. The van der Waals surface area contributed by atoms with E-state index in [2.05, 4.69) is 5.32 Å². The molecule has 1 aromatic rings. The second-order valence-electron chi connectivity index (χ2n) is 5.42. The largest absolute Gasteiger partial charge is 0.453 e. The first-order chi connectivity index (χ1) is 8.74. The zero-order valence-electron chi connectivity index (χ0n) is 12.2. The Labute approximate surface area is 114 Å². The fourth-order valence-corrected chi connectivity index (χ4v) is 1.69. The Balaban J connectivity index is 2.86. The number of aryl methyl sites for hydroxylation is 2. The Kier molecular flexibility index (Phi) is 4.70. The number of ether oxygens (including phenoxy) is 1. The number of anilines is 1. The van der Waals surface area contributed by atoms with Crippen molar-refractivity contribution in [2.45, 2.75) is 46.6 Å². The zero-order valence-corrected chi connectivity index (χ0v) is 12.2. The van der Waals surface area contributed by atoms with Gasteiger partial charge in [-0.3, -0.25) is 4.79 Å². The minimum absolute atomic E-state index is 0.673. The third-order valence-electron chi connectivity index (χ3n) is 2.56. The van der Waals surface area contributed by atoms with Crippen molar-refractivity contribution in [1.82, 2.24) is 0 Å². The van der Waals surface area contributed by atoms with E-state index in [0.717, 1.165) is 17.5 Å². The molecule has 0 radical (unpaired) electrons. The van der Waals surface area contributed by atoms with E-state index in [9.17, 15) is 9.59 Å². The van der Waals surface area contributed by atoms with E-state index in [0.29, 0.717) is 5.69 Å². The predicted octanol–water partition coefficient (Wildman–Crippen LogP) is 2.84. The van der Waals surface area contributed by atoms with E-state index < -0.39 is 17.5 Å². The SMILES string of the molecule is CCc1cccc(C)c1NC(=O)C(=O)OC(C)(C)C. The van der Waals surface area contributed by atoms with Gasteiger partial charge >= 0.3 is 11.9 Å². The van der Waals surface area contributed by atoms with Gasteiger partial charge in [-0.05, 0) is 45.2 Å². The van der Waals surface area contributed by atoms with Gasteiger partial charge in [-0.2, -0.15) is 0 Å². The number of benzene rings is 1. The number of hydrogen-bond acceptors (Lipinski definition) is 3. The summed E-state index contributed by atoms with van der Waals surface area (Å²) in [6, 6.07) is 5.75. The number of esters is 1. The molecule has 1 amide bonds. The van der Waals surface area contributed by atoms with Gasteiger partial charge in [0.2, 0.25) is 0 Å². The quantitative estimate of drug-likeness (QED) is 0.659. The molecule has 104 valence electrons. The van der Waals surface area contributed by atoms with Crippen LogP contribution in [0.1, 0.15) is 38.8 Å².